The van der Waals surface area contributed by atoms with E-state index in [1.54, 1.807) is 69.3 Å². The summed E-state index contributed by atoms with van der Waals surface area (Å²) < 4.78 is -0.860. The SMILES string of the molecule is CCC1C(=O)N[N+](C(=O)NC(=O)C(C)C)(c2ccccc2)C2(C=CC(N)=CC2)C1=O. The fourth-order valence-corrected chi connectivity index (χ4v) is 4.00. The molecule has 3 atom stereocenters. The number of allylic oxidation sites excluding steroid dienone is 1. The number of rotatable bonds is 3. The van der Waals surface area contributed by atoms with Crippen molar-refractivity contribution >= 4 is 29.3 Å². The summed E-state index contributed by atoms with van der Waals surface area (Å²) in [7, 11) is 0. The normalized spacial score (nSPS) is 28.3. The molecule has 30 heavy (non-hydrogen) atoms. The van der Waals surface area contributed by atoms with Crippen molar-refractivity contribution in [2.24, 2.45) is 17.6 Å². The van der Waals surface area contributed by atoms with E-state index < -0.39 is 39.8 Å². The molecule has 1 aromatic rings. The zero-order chi connectivity index (χ0) is 22.1. The molecule has 8 heteroatoms. The summed E-state index contributed by atoms with van der Waals surface area (Å²) >= 11 is 0. The summed E-state index contributed by atoms with van der Waals surface area (Å²) in [6.07, 6.45) is 5.21. The molecule has 158 valence electrons. The van der Waals surface area contributed by atoms with Gasteiger partial charge in [-0.3, -0.25) is 14.4 Å². The van der Waals surface area contributed by atoms with Crippen molar-refractivity contribution < 1.29 is 19.2 Å². The van der Waals surface area contributed by atoms with Crippen molar-refractivity contribution in [2.45, 2.75) is 39.2 Å². The van der Waals surface area contributed by atoms with Gasteiger partial charge in [-0.05, 0) is 18.6 Å². The molecule has 1 spiro atoms. The summed E-state index contributed by atoms with van der Waals surface area (Å²) in [5.41, 5.74) is 8.04. The standard InChI is InChI=1S/C22H26N4O4/c1-4-17-18(27)22(12-10-15(23)11-13-22)26(25-20(17)29,16-8-6-5-7-9-16)21(30)24-19(28)14(2)3/h5-12,14,17H,4,13,23H2,1-3H3,(H-,24,25,28,29,30)/p+1. The highest BCUT2D eigenvalue weighted by atomic mass is 16.2. The number of para-hydroxylation sites is 1. The lowest BCUT2D eigenvalue weighted by Gasteiger charge is -2.50. The van der Waals surface area contributed by atoms with Crippen molar-refractivity contribution in [3.8, 4) is 0 Å². The van der Waals surface area contributed by atoms with Crippen molar-refractivity contribution in [1.29, 1.82) is 0 Å². The largest absolute Gasteiger partial charge is 0.454 e. The molecule has 4 N–H and O–H groups in total. The number of hydrogen-bond donors (Lipinski definition) is 3. The Bertz CT molecular complexity index is 953. The van der Waals surface area contributed by atoms with E-state index in [-0.39, 0.29) is 12.2 Å². The number of Topliss-reactive ketones (excluding diaryl/α,β-unsaturated/α-hetero) is 1. The summed E-state index contributed by atoms with van der Waals surface area (Å²) in [5.74, 6) is -2.81. The molecule has 0 aromatic heterocycles. The van der Waals surface area contributed by atoms with Crippen LogP contribution in [0.4, 0.5) is 10.5 Å². The van der Waals surface area contributed by atoms with E-state index in [2.05, 4.69) is 10.7 Å². The van der Waals surface area contributed by atoms with Gasteiger partial charge in [-0.25, -0.2) is 10.1 Å². The Morgan fingerprint density at radius 1 is 1.27 bits per heavy atom. The number of urea groups is 1. The monoisotopic (exact) mass is 411 g/mol. The van der Waals surface area contributed by atoms with E-state index in [1.165, 1.54) is 0 Å². The van der Waals surface area contributed by atoms with E-state index in [9.17, 15) is 19.2 Å². The van der Waals surface area contributed by atoms with Crippen LogP contribution in [0.25, 0.3) is 0 Å². The van der Waals surface area contributed by atoms with E-state index in [1.807, 2.05) is 0 Å². The minimum atomic E-state index is -1.47. The van der Waals surface area contributed by atoms with Crippen LogP contribution in [0.1, 0.15) is 33.6 Å². The number of hydrogen-bond acceptors (Lipinski definition) is 5. The number of nitrogens with two attached hydrogens (primary N) is 1. The Kier molecular flexibility index (Phi) is 5.63. The summed E-state index contributed by atoms with van der Waals surface area (Å²) in [6.45, 7) is 5.06. The Hall–Kier alpha value is -3.26. The van der Waals surface area contributed by atoms with Gasteiger partial charge < -0.3 is 5.73 Å². The van der Waals surface area contributed by atoms with E-state index >= 15 is 0 Å². The van der Waals surface area contributed by atoms with E-state index in [0.717, 1.165) is 0 Å². The number of ketones is 1. The average Bonchev–Trinajstić information content (AvgIpc) is 2.73. The van der Waals surface area contributed by atoms with Crippen molar-refractivity contribution in [3.63, 3.8) is 0 Å². The maximum atomic E-state index is 13.7. The highest BCUT2D eigenvalue weighted by molar-refractivity contribution is 6.16. The lowest BCUT2D eigenvalue weighted by molar-refractivity contribution is -0.150. The third-order valence-electron chi connectivity index (χ3n) is 5.75. The second kappa shape index (κ2) is 7.87. The lowest BCUT2D eigenvalue weighted by Crippen LogP contribution is -2.85. The number of nitrogens with one attached hydrogen (secondary N) is 2. The number of benzene rings is 1. The fourth-order valence-electron chi connectivity index (χ4n) is 4.00. The molecule has 1 aromatic carbocycles. The first kappa shape index (κ1) is 21.4. The second-order valence-corrected chi connectivity index (χ2v) is 7.92. The predicted molar refractivity (Wildman–Crippen MR) is 112 cm³/mol. The molecule has 0 radical (unpaired) electrons. The Labute approximate surface area is 175 Å². The van der Waals surface area contributed by atoms with E-state index in [4.69, 9.17) is 5.73 Å². The number of carbonyl (C=O) groups excluding carboxylic acids is 4. The van der Waals surface area contributed by atoms with Crippen molar-refractivity contribution in [3.05, 3.63) is 54.3 Å². The van der Waals surface area contributed by atoms with E-state index in [0.29, 0.717) is 17.8 Å². The van der Waals surface area contributed by atoms with Gasteiger partial charge in [-0.15, -0.1) is 0 Å². The smallest absolute Gasteiger partial charge is 0.399 e. The van der Waals surface area contributed by atoms with Crippen LogP contribution in [-0.4, -0.2) is 29.2 Å². The summed E-state index contributed by atoms with van der Waals surface area (Å²) in [4.78, 5) is 52.7. The highest BCUT2D eigenvalue weighted by Gasteiger charge is 2.68. The summed E-state index contributed by atoms with van der Waals surface area (Å²) in [5, 5.41) is 2.39. The fraction of sp³-hybridized carbons (Fsp3) is 0.364. The Morgan fingerprint density at radius 3 is 2.47 bits per heavy atom. The molecule has 8 nitrogen and oxygen atoms in total. The van der Waals surface area contributed by atoms with Gasteiger partial charge in [0.2, 0.25) is 17.2 Å². The topological polar surface area (TPSA) is 118 Å². The van der Waals surface area contributed by atoms with Gasteiger partial charge in [0.05, 0.1) is 0 Å². The van der Waals surface area contributed by atoms with Crippen LogP contribution in [0.3, 0.4) is 0 Å². The zero-order valence-electron chi connectivity index (χ0n) is 17.3. The first-order chi connectivity index (χ1) is 14.2. The first-order valence-corrected chi connectivity index (χ1v) is 10.0. The molecule has 1 fully saturated rings. The van der Waals surface area contributed by atoms with Crippen molar-refractivity contribution in [2.75, 3.05) is 0 Å². The molecule has 0 bridgehead atoms. The van der Waals surface area contributed by atoms with Gasteiger partial charge in [0.15, 0.2) is 5.69 Å². The molecule has 3 unspecified atom stereocenters. The molecule has 2 aliphatic rings. The van der Waals surface area contributed by atoms with Crippen LogP contribution in [0.2, 0.25) is 0 Å². The quantitative estimate of drug-likeness (QED) is 0.520. The number of quaternary nitrogens is 1. The molecule has 4 amide bonds. The molecule has 1 aliphatic heterocycles. The average molecular weight is 411 g/mol. The second-order valence-electron chi connectivity index (χ2n) is 7.92. The van der Waals surface area contributed by atoms with Crippen LogP contribution >= 0.6 is 0 Å². The number of amides is 4. The van der Waals surface area contributed by atoms with Crippen LogP contribution in [-0.2, 0) is 14.4 Å². The van der Waals surface area contributed by atoms with Gasteiger partial charge in [-0.2, -0.15) is 5.43 Å². The third kappa shape index (κ3) is 3.13. The van der Waals surface area contributed by atoms with Gasteiger partial charge in [0, 0.05) is 30.2 Å². The summed E-state index contributed by atoms with van der Waals surface area (Å²) in [6, 6.07) is 7.68. The van der Waals surface area contributed by atoms with Crippen LogP contribution < -0.4 is 21.1 Å². The third-order valence-corrected chi connectivity index (χ3v) is 5.75. The molecule has 0 saturated carbocycles. The van der Waals surface area contributed by atoms with Gasteiger partial charge in [0.25, 0.3) is 5.91 Å². The minimum absolute atomic E-state index is 0.100. The molecule has 1 aliphatic carbocycles. The highest BCUT2D eigenvalue weighted by Crippen LogP contribution is 2.43. The Balaban J connectivity index is 2.28. The minimum Gasteiger partial charge on any atom is -0.399 e. The van der Waals surface area contributed by atoms with Crippen LogP contribution in [0, 0.1) is 11.8 Å². The number of imide groups is 1. The number of carbonyl (C=O) groups is 4. The first-order valence-electron chi connectivity index (χ1n) is 10.0. The van der Waals surface area contributed by atoms with Crippen molar-refractivity contribution in [1.82, 2.24) is 15.3 Å². The maximum absolute atomic E-state index is 13.7. The lowest BCUT2D eigenvalue weighted by atomic mass is 9.75. The zero-order valence-corrected chi connectivity index (χ0v) is 17.3. The van der Waals surface area contributed by atoms with Gasteiger partial charge in [0.1, 0.15) is 5.92 Å². The molecule has 1 heterocycles. The predicted octanol–water partition coefficient (Wildman–Crippen LogP) is 2.07. The molecular formula is C22H27N4O4+. The maximum Gasteiger partial charge on any atom is 0.454 e. The molecule has 1 saturated heterocycles. The molecule has 3 rings (SSSR count). The van der Waals surface area contributed by atoms with Crippen LogP contribution in [0.5, 0.6) is 0 Å². The van der Waals surface area contributed by atoms with Crippen LogP contribution in [0.15, 0.2) is 54.3 Å². The Morgan fingerprint density at radius 2 is 1.93 bits per heavy atom. The molecular weight excluding hydrogens is 384 g/mol. The number of nitrogens with zero attached hydrogens (tertiary/aromatic N) is 1. The van der Waals surface area contributed by atoms with Gasteiger partial charge >= 0.3 is 6.03 Å². The van der Waals surface area contributed by atoms with Gasteiger partial charge in [-0.1, -0.05) is 49.6 Å².